The third-order valence-electron chi connectivity index (χ3n) is 7.63. The average Bonchev–Trinajstić information content (AvgIpc) is 3.06. The summed E-state index contributed by atoms with van der Waals surface area (Å²) in [6.07, 6.45) is 0.851. The molecule has 0 bridgehead atoms. The van der Waals surface area contributed by atoms with Gasteiger partial charge >= 0.3 is 0 Å². The van der Waals surface area contributed by atoms with Gasteiger partial charge in [-0.05, 0) is 67.4 Å². The average molecular weight is 683 g/mol. The Morgan fingerprint density at radius 3 is 2.00 bits per heavy atom. The maximum Gasteiger partial charge on any atom is 0.264 e. The van der Waals surface area contributed by atoms with Gasteiger partial charge in [-0.15, -0.1) is 0 Å². The zero-order chi connectivity index (χ0) is 33.3. The number of hydrogen-bond acceptors (Lipinski definition) is 5. The van der Waals surface area contributed by atoms with E-state index in [0.717, 1.165) is 9.87 Å². The van der Waals surface area contributed by atoms with E-state index in [1.54, 1.807) is 60.7 Å². The highest BCUT2D eigenvalue weighted by molar-refractivity contribution is 7.92. The summed E-state index contributed by atoms with van der Waals surface area (Å²) < 4.78 is 34.5. The zero-order valence-electron chi connectivity index (χ0n) is 25.9. The molecule has 1 N–H and O–H groups in total. The summed E-state index contributed by atoms with van der Waals surface area (Å²) in [6.45, 7) is 3.11. The number of ether oxygens (including phenoxy) is 1. The van der Waals surface area contributed by atoms with E-state index in [2.05, 4.69) is 5.32 Å². The van der Waals surface area contributed by atoms with Gasteiger partial charge < -0.3 is 15.0 Å². The largest absolute Gasteiger partial charge is 0.497 e. The van der Waals surface area contributed by atoms with Crippen LogP contribution in [0.5, 0.6) is 5.75 Å². The molecule has 0 aliphatic carbocycles. The van der Waals surface area contributed by atoms with Gasteiger partial charge in [0.25, 0.3) is 10.0 Å². The predicted octanol–water partition coefficient (Wildman–Crippen LogP) is 6.75. The van der Waals surface area contributed by atoms with Crippen molar-refractivity contribution in [2.75, 3.05) is 18.0 Å². The molecule has 8 nitrogen and oxygen atoms in total. The van der Waals surface area contributed by atoms with Crippen LogP contribution in [0.2, 0.25) is 10.0 Å². The van der Waals surface area contributed by atoms with Crippen molar-refractivity contribution in [1.29, 1.82) is 0 Å². The van der Waals surface area contributed by atoms with Gasteiger partial charge in [0, 0.05) is 34.6 Å². The number of halogens is 2. The number of hydrogen-bond donors (Lipinski definition) is 1. The summed E-state index contributed by atoms with van der Waals surface area (Å²) >= 11 is 13.1. The molecule has 0 spiro atoms. The molecule has 242 valence electrons. The van der Waals surface area contributed by atoms with Crippen LogP contribution in [0.15, 0.2) is 108 Å². The van der Waals surface area contributed by atoms with Crippen molar-refractivity contribution in [3.05, 3.63) is 124 Å². The highest BCUT2D eigenvalue weighted by Crippen LogP contribution is 2.29. The second-order valence-electron chi connectivity index (χ2n) is 10.8. The Labute approximate surface area is 280 Å². The van der Waals surface area contributed by atoms with Crippen molar-refractivity contribution in [3.63, 3.8) is 0 Å². The topological polar surface area (TPSA) is 96.0 Å². The van der Waals surface area contributed by atoms with Crippen molar-refractivity contribution < 1.29 is 22.7 Å². The fourth-order valence-corrected chi connectivity index (χ4v) is 6.78. The molecule has 4 aromatic rings. The van der Waals surface area contributed by atoms with Crippen molar-refractivity contribution in [3.8, 4) is 5.75 Å². The molecule has 0 saturated carbocycles. The molecule has 0 unspecified atom stereocenters. The smallest absolute Gasteiger partial charge is 0.264 e. The Hall–Kier alpha value is -4.05. The SMILES string of the molecule is CC[C@@H](C)NC(=O)[C@H](Cc1ccccc1)N(Cc1c(Cl)cccc1Cl)C(=O)CN(c1ccccc1)S(=O)(=O)c1ccc(OC)cc1. The van der Waals surface area contributed by atoms with Gasteiger partial charge in [0.2, 0.25) is 11.8 Å². The van der Waals surface area contributed by atoms with Gasteiger partial charge in [0.05, 0.1) is 17.7 Å². The first kappa shape index (κ1) is 34.8. The van der Waals surface area contributed by atoms with Gasteiger partial charge in [-0.2, -0.15) is 0 Å². The van der Waals surface area contributed by atoms with Crippen molar-refractivity contribution in [2.45, 2.75) is 50.2 Å². The van der Waals surface area contributed by atoms with Gasteiger partial charge in [0.15, 0.2) is 0 Å². The Bertz CT molecular complexity index is 1700. The minimum Gasteiger partial charge on any atom is -0.497 e. The van der Waals surface area contributed by atoms with E-state index in [4.69, 9.17) is 27.9 Å². The van der Waals surface area contributed by atoms with E-state index in [1.165, 1.54) is 24.1 Å². The van der Waals surface area contributed by atoms with E-state index >= 15 is 0 Å². The number of sulfonamides is 1. The fourth-order valence-electron chi connectivity index (χ4n) is 4.85. The second-order valence-corrected chi connectivity index (χ2v) is 13.4. The van der Waals surface area contributed by atoms with E-state index in [9.17, 15) is 18.0 Å². The lowest BCUT2D eigenvalue weighted by atomic mass is 10.0. The number of anilines is 1. The fraction of sp³-hybridized carbons (Fsp3) is 0.257. The first-order valence-electron chi connectivity index (χ1n) is 14.8. The van der Waals surface area contributed by atoms with E-state index in [-0.39, 0.29) is 35.5 Å². The van der Waals surface area contributed by atoms with Crippen LogP contribution in [-0.2, 0) is 32.6 Å². The Kier molecular flexibility index (Phi) is 12.1. The van der Waals surface area contributed by atoms with Crippen LogP contribution >= 0.6 is 23.2 Å². The number of amides is 2. The van der Waals surface area contributed by atoms with Gasteiger partial charge in [-0.1, -0.05) is 84.7 Å². The number of nitrogens with zero attached hydrogens (tertiary/aromatic N) is 2. The summed E-state index contributed by atoms with van der Waals surface area (Å²) in [5, 5.41) is 3.64. The van der Waals surface area contributed by atoms with Crippen LogP contribution in [0.4, 0.5) is 5.69 Å². The molecule has 0 aromatic heterocycles. The van der Waals surface area contributed by atoms with Gasteiger partial charge in [-0.25, -0.2) is 8.42 Å². The first-order valence-corrected chi connectivity index (χ1v) is 17.0. The normalized spacial score (nSPS) is 12.5. The Morgan fingerprint density at radius 2 is 1.43 bits per heavy atom. The summed E-state index contributed by atoms with van der Waals surface area (Å²) in [5.74, 6) is -0.503. The van der Waals surface area contributed by atoms with Crippen LogP contribution in [0.1, 0.15) is 31.4 Å². The van der Waals surface area contributed by atoms with E-state index < -0.39 is 28.5 Å². The van der Waals surface area contributed by atoms with Crippen LogP contribution in [0, 0.1) is 0 Å². The second kappa shape index (κ2) is 16.0. The van der Waals surface area contributed by atoms with Crippen molar-refractivity contribution in [1.82, 2.24) is 10.2 Å². The molecule has 0 saturated heterocycles. The first-order chi connectivity index (χ1) is 22.0. The van der Waals surface area contributed by atoms with Gasteiger partial charge in [0.1, 0.15) is 18.3 Å². The molecule has 0 radical (unpaired) electrons. The lowest BCUT2D eigenvalue weighted by Crippen LogP contribution is -2.54. The van der Waals surface area contributed by atoms with E-state index in [0.29, 0.717) is 27.8 Å². The number of carbonyl (C=O) groups excluding carboxylic acids is 2. The molecule has 0 aliphatic rings. The number of methoxy groups -OCH3 is 1. The number of benzene rings is 4. The molecular formula is C35H37Cl2N3O5S. The molecule has 46 heavy (non-hydrogen) atoms. The quantitative estimate of drug-likeness (QED) is 0.159. The lowest BCUT2D eigenvalue weighted by Gasteiger charge is -2.34. The summed E-state index contributed by atoms with van der Waals surface area (Å²) in [5.41, 5.74) is 1.55. The monoisotopic (exact) mass is 681 g/mol. The molecule has 0 aliphatic heterocycles. The maximum atomic E-state index is 14.6. The molecule has 4 rings (SSSR count). The minimum atomic E-state index is -4.25. The Morgan fingerprint density at radius 1 is 0.848 bits per heavy atom. The number of para-hydroxylation sites is 1. The Balaban J connectivity index is 1.82. The third-order valence-corrected chi connectivity index (χ3v) is 10.1. The summed E-state index contributed by atoms with van der Waals surface area (Å²) in [7, 11) is -2.76. The van der Waals surface area contributed by atoms with Gasteiger partial charge in [-0.3, -0.25) is 13.9 Å². The zero-order valence-corrected chi connectivity index (χ0v) is 28.2. The molecule has 4 aromatic carbocycles. The molecular weight excluding hydrogens is 645 g/mol. The van der Waals surface area contributed by atoms with Crippen LogP contribution in [0.25, 0.3) is 0 Å². The van der Waals surface area contributed by atoms with Crippen LogP contribution in [-0.4, -0.2) is 50.9 Å². The summed E-state index contributed by atoms with van der Waals surface area (Å²) in [4.78, 5) is 29.8. The highest BCUT2D eigenvalue weighted by Gasteiger charge is 2.35. The number of rotatable bonds is 14. The standard InChI is InChI=1S/C35H37Cl2N3O5S/c1-4-25(2)38-35(42)33(22-26-12-7-5-8-13-26)39(23-30-31(36)16-11-17-32(30)37)34(41)24-40(27-14-9-6-10-15-27)46(43,44)29-20-18-28(45-3)19-21-29/h5-21,25,33H,4,22-24H2,1-3H3,(H,38,42)/t25-,33+/m1/s1. The van der Waals surface area contributed by atoms with Crippen LogP contribution in [0.3, 0.4) is 0 Å². The number of nitrogens with one attached hydrogen (secondary N) is 1. The van der Waals surface area contributed by atoms with Crippen molar-refractivity contribution >= 4 is 50.7 Å². The number of carbonyl (C=O) groups is 2. The molecule has 2 amide bonds. The molecule has 0 fully saturated rings. The highest BCUT2D eigenvalue weighted by atomic mass is 35.5. The van der Waals surface area contributed by atoms with Crippen molar-refractivity contribution in [2.24, 2.45) is 0 Å². The minimum absolute atomic E-state index is 0.0269. The lowest BCUT2D eigenvalue weighted by molar-refractivity contribution is -0.140. The summed E-state index contributed by atoms with van der Waals surface area (Å²) in [6, 6.07) is 27.4. The third kappa shape index (κ3) is 8.60. The van der Waals surface area contributed by atoms with Crippen LogP contribution < -0.4 is 14.4 Å². The predicted molar refractivity (Wildman–Crippen MR) is 183 cm³/mol. The molecule has 11 heteroatoms. The molecule has 0 heterocycles. The molecule has 2 atom stereocenters. The van der Waals surface area contributed by atoms with E-state index in [1.807, 2.05) is 44.2 Å². The maximum absolute atomic E-state index is 14.6.